The first-order valence-electron chi connectivity index (χ1n) is 10.5. The van der Waals surface area contributed by atoms with Crippen molar-refractivity contribution >= 4 is 56.8 Å². The summed E-state index contributed by atoms with van der Waals surface area (Å²) in [7, 11) is 0. The van der Waals surface area contributed by atoms with E-state index >= 15 is 0 Å². The molecule has 1 aromatic heterocycles. The van der Waals surface area contributed by atoms with E-state index in [1.54, 1.807) is 11.8 Å². The van der Waals surface area contributed by atoms with Crippen molar-refractivity contribution < 1.29 is 19.5 Å². The van der Waals surface area contributed by atoms with Crippen molar-refractivity contribution in [3.8, 4) is 0 Å². The van der Waals surface area contributed by atoms with Gasteiger partial charge in [-0.3, -0.25) is 19.3 Å². The zero-order valence-electron chi connectivity index (χ0n) is 16.9. The second-order valence-corrected chi connectivity index (χ2v) is 12.2. The number of benzene rings is 1. The summed E-state index contributed by atoms with van der Waals surface area (Å²) >= 11 is 6.41. The fourth-order valence-electron chi connectivity index (χ4n) is 6.61. The number of carboxylic acids is 1. The zero-order valence-corrected chi connectivity index (χ0v) is 20.1. The van der Waals surface area contributed by atoms with E-state index < -0.39 is 23.8 Å². The first-order valence-corrected chi connectivity index (χ1v) is 13.0. The number of rotatable bonds is 3. The Kier molecular flexibility index (Phi) is 4.55. The summed E-state index contributed by atoms with van der Waals surface area (Å²) in [5.41, 5.74) is 1.09. The second-order valence-electron chi connectivity index (χ2n) is 9.08. The average Bonchev–Trinajstić information content (AvgIpc) is 3.46. The Morgan fingerprint density at radius 2 is 1.94 bits per heavy atom. The van der Waals surface area contributed by atoms with Gasteiger partial charge >= 0.3 is 10.8 Å². The van der Waals surface area contributed by atoms with Crippen LogP contribution in [0.15, 0.2) is 38.6 Å². The van der Waals surface area contributed by atoms with Crippen LogP contribution in [-0.2, 0) is 14.4 Å². The predicted molar refractivity (Wildman–Crippen MR) is 122 cm³/mol. The predicted octanol–water partition coefficient (Wildman–Crippen LogP) is 3.15. The number of nitrogens with one attached hydrogen (secondary N) is 1. The normalized spacial score (nSPS) is 35.6. The Labute approximate surface area is 199 Å². The number of amides is 2. The molecule has 3 fully saturated rings. The van der Waals surface area contributed by atoms with Crippen LogP contribution in [0.25, 0.3) is 0 Å². The number of aliphatic carboxylic acids is 1. The maximum absolute atomic E-state index is 13.3. The van der Waals surface area contributed by atoms with Gasteiger partial charge < -0.3 is 10.1 Å². The molecule has 0 radical (unpaired) electrons. The van der Waals surface area contributed by atoms with Crippen LogP contribution in [0.2, 0.25) is 0 Å². The molecule has 8 unspecified atom stereocenters. The minimum Gasteiger partial charge on any atom is -0.480 e. The second kappa shape index (κ2) is 7.04. The lowest BCUT2D eigenvalue weighted by Gasteiger charge is -2.43. The van der Waals surface area contributed by atoms with E-state index in [-0.39, 0.29) is 45.6 Å². The van der Waals surface area contributed by atoms with Gasteiger partial charge in [0.2, 0.25) is 11.8 Å². The summed E-state index contributed by atoms with van der Waals surface area (Å²) in [6.45, 7) is 1.40. The van der Waals surface area contributed by atoms with Crippen LogP contribution in [0.3, 0.4) is 0 Å². The third-order valence-corrected chi connectivity index (χ3v) is 10.8. The number of imide groups is 1. The van der Waals surface area contributed by atoms with E-state index in [9.17, 15) is 24.3 Å². The van der Waals surface area contributed by atoms with Crippen LogP contribution >= 0.6 is 39.0 Å². The Bertz CT molecular complexity index is 1240. The van der Waals surface area contributed by atoms with Gasteiger partial charge in [-0.25, -0.2) is 4.79 Å². The van der Waals surface area contributed by atoms with E-state index in [2.05, 4.69) is 33.0 Å². The zero-order chi connectivity index (χ0) is 22.5. The standard InChI is InChI=1S/C22H19BrN2O5S2/c1-7(21(28)29)25-19(26)14-10-6-11(15(14)20(25)27)16-13(10)12(8-3-2-4-9(23)5-8)17-18(31-16)24-22(30)32-17/h2-5,7,10-16H,6H2,1H3,(H,24,30)(H,28,29). The molecule has 3 heterocycles. The average molecular weight is 535 g/mol. The maximum Gasteiger partial charge on any atom is 0.326 e. The van der Waals surface area contributed by atoms with Gasteiger partial charge in [0, 0.05) is 20.5 Å². The molecule has 166 valence electrons. The summed E-state index contributed by atoms with van der Waals surface area (Å²) in [4.78, 5) is 55.2. The summed E-state index contributed by atoms with van der Waals surface area (Å²) in [5, 5.41) is 10.4. The number of likely N-dealkylation sites (tertiary alicyclic amines) is 1. The van der Waals surface area contributed by atoms with E-state index in [0.29, 0.717) is 0 Å². The first-order chi connectivity index (χ1) is 15.3. The van der Waals surface area contributed by atoms with Crippen LogP contribution in [0, 0.1) is 29.6 Å². The van der Waals surface area contributed by atoms with E-state index in [0.717, 1.165) is 31.3 Å². The highest BCUT2D eigenvalue weighted by Gasteiger charge is 2.70. The molecular formula is C22H19BrN2O5S2. The number of hydrogen-bond donors (Lipinski definition) is 2. The van der Waals surface area contributed by atoms with E-state index in [1.807, 2.05) is 12.1 Å². The van der Waals surface area contributed by atoms with Crippen LogP contribution in [0.5, 0.6) is 0 Å². The van der Waals surface area contributed by atoms with Crippen LogP contribution in [0.4, 0.5) is 0 Å². The summed E-state index contributed by atoms with van der Waals surface area (Å²) in [5.74, 6) is -2.73. The molecule has 0 spiro atoms. The van der Waals surface area contributed by atoms with Gasteiger partial charge in [-0.05, 0) is 48.8 Å². The van der Waals surface area contributed by atoms with E-state index in [4.69, 9.17) is 0 Å². The molecule has 1 saturated heterocycles. The van der Waals surface area contributed by atoms with Crippen LogP contribution < -0.4 is 4.87 Å². The summed E-state index contributed by atoms with van der Waals surface area (Å²) in [6.07, 6.45) is 0.786. The molecule has 2 N–H and O–H groups in total. The number of carbonyl (C=O) groups excluding carboxylic acids is 2. The minimum absolute atomic E-state index is 0.00588. The summed E-state index contributed by atoms with van der Waals surface area (Å²) < 4.78 is 0.948. The van der Waals surface area contributed by atoms with Gasteiger partial charge in [0.1, 0.15) is 6.04 Å². The molecule has 10 heteroatoms. The number of halogens is 1. The molecule has 2 aromatic rings. The Morgan fingerprint density at radius 1 is 1.22 bits per heavy atom. The Hall–Kier alpha value is -1.91. The molecule has 8 atom stereocenters. The van der Waals surface area contributed by atoms with Crippen molar-refractivity contribution in [3.05, 3.63) is 48.8 Å². The highest BCUT2D eigenvalue weighted by molar-refractivity contribution is 9.10. The number of thiazole rings is 1. The third kappa shape index (κ3) is 2.66. The van der Waals surface area contributed by atoms with Crippen molar-refractivity contribution in [1.82, 2.24) is 9.88 Å². The molecule has 2 amide bonds. The molecular weight excluding hydrogens is 516 g/mol. The fourth-order valence-corrected chi connectivity index (χ4v) is 9.91. The summed E-state index contributed by atoms with van der Waals surface area (Å²) in [6, 6.07) is 6.89. The molecule has 6 rings (SSSR count). The van der Waals surface area contributed by atoms with Gasteiger partial charge in [-0.15, -0.1) is 11.8 Å². The Morgan fingerprint density at radius 3 is 2.62 bits per heavy atom. The highest BCUT2D eigenvalue weighted by atomic mass is 79.9. The number of fused-ring (bicyclic) bond motifs is 9. The molecule has 2 bridgehead atoms. The topological polar surface area (TPSA) is 108 Å². The molecule has 1 aromatic carbocycles. The lowest BCUT2D eigenvalue weighted by atomic mass is 9.68. The molecule has 2 saturated carbocycles. The van der Waals surface area contributed by atoms with Gasteiger partial charge in [0.05, 0.1) is 16.9 Å². The molecule has 2 aliphatic heterocycles. The Balaban J connectivity index is 1.46. The molecule has 7 nitrogen and oxygen atoms in total. The van der Waals surface area contributed by atoms with Gasteiger partial charge in [0.15, 0.2) is 0 Å². The van der Waals surface area contributed by atoms with Gasteiger partial charge in [0.25, 0.3) is 0 Å². The fraction of sp³-hybridized carbons (Fsp3) is 0.455. The number of carboxylic acid groups (broad SMARTS) is 1. The number of carbonyl (C=O) groups is 3. The maximum atomic E-state index is 13.3. The highest BCUT2D eigenvalue weighted by Crippen LogP contribution is 2.68. The number of nitrogens with zero attached hydrogens (tertiary/aromatic N) is 1. The van der Waals surface area contributed by atoms with Crippen LogP contribution in [-0.4, -0.2) is 44.1 Å². The quantitative estimate of drug-likeness (QED) is 0.585. The van der Waals surface area contributed by atoms with Crippen molar-refractivity contribution in [2.24, 2.45) is 29.6 Å². The number of aromatic amines is 1. The van der Waals surface area contributed by atoms with Crippen LogP contribution in [0.1, 0.15) is 29.7 Å². The van der Waals surface area contributed by atoms with Gasteiger partial charge in [-0.2, -0.15) is 0 Å². The number of hydrogen-bond acceptors (Lipinski definition) is 6. The minimum atomic E-state index is -1.17. The van der Waals surface area contributed by atoms with Gasteiger partial charge in [-0.1, -0.05) is 39.4 Å². The molecule has 32 heavy (non-hydrogen) atoms. The number of H-pyrrole nitrogens is 1. The van der Waals surface area contributed by atoms with Crippen molar-refractivity contribution in [2.75, 3.05) is 0 Å². The smallest absolute Gasteiger partial charge is 0.326 e. The molecule has 2 aliphatic carbocycles. The third-order valence-electron chi connectivity index (χ3n) is 7.71. The van der Waals surface area contributed by atoms with E-state index in [1.165, 1.54) is 18.3 Å². The molecule has 4 aliphatic rings. The SMILES string of the molecule is CC(C(=O)O)N1C(=O)C2C3CC(C2C1=O)C1C(c2cccc(Br)c2)c2sc(=O)[nH]c2SC31. The number of aromatic nitrogens is 1. The number of thioether (sulfide) groups is 1. The lowest BCUT2D eigenvalue weighted by Crippen LogP contribution is -2.44. The van der Waals surface area contributed by atoms with Crippen molar-refractivity contribution in [3.63, 3.8) is 0 Å². The van der Waals surface area contributed by atoms with Crippen molar-refractivity contribution in [2.45, 2.75) is 35.6 Å². The first kappa shape index (κ1) is 20.7. The largest absolute Gasteiger partial charge is 0.480 e. The monoisotopic (exact) mass is 534 g/mol. The van der Waals surface area contributed by atoms with Crippen molar-refractivity contribution in [1.29, 1.82) is 0 Å². The lowest BCUT2D eigenvalue weighted by molar-refractivity contribution is -0.154.